The second-order valence-electron chi connectivity index (χ2n) is 7.72. The Hall–Kier alpha value is -1.47. The second-order valence-corrected chi connectivity index (χ2v) is 7.72. The third-order valence-electron chi connectivity index (χ3n) is 5.74. The molecule has 0 aliphatic carbocycles. The molecule has 144 valence electrons. The molecule has 2 aliphatic heterocycles. The van der Waals surface area contributed by atoms with Gasteiger partial charge in [0.25, 0.3) is 0 Å². The fourth-order valence-electron chi connectivity index (χ4n) is 3.93. The van der Waals surface area contributed by atoms with Crippen molar-refractivity contribution < 1.29 is 9.90 Å². The predicted molar refractivity (Wildman–Crippen MR) is 103 cm³/mol. The quantitative estimate of drug-likeness (QED) is 0.799. The molecule has 6 heteroatoms. The van der Waals surface area contributed by atoms with E-state index in [2.05, 4.69) is 34.9 Å². The molecular formula is C20H32N4O2. The van der Waals surface area contributed by atoms with Crippen LogP contribution in [0.1, 0.15) is 17.5 Å². The van der Waals surface area contributed by atoms with Crippen LogP contribution in [0, 0.1) is 0 Å². The van der Waals surface area contributed by atoms with Crippen molar-refractivity contribution in [2.75, 3.05) is 59.9 Å². The first-order valence-corrected chi connectivity index (χ1v) is 9.63. The molecule has 2 aliphatic rings. The first-order valence-electron chi connectivity index (χ1n) is 9.63. The molecule has 2 heterocycles. The summed E-state index contributed by atoms with van der Waals surface area (Å²) >= 11 is 0. The lowest BCUT2D eigenvalue weighted by molar-refractivity contribution is -0.134. The highest BCUT2D eigenvalue weighted by Crippen LogP contribution is 2.15. The summed E-state index contributed by atoms with van der Waals surface area (Å²) < 4.78 is 0. The van der Waals surface area contributed by atoms with Crippen molar-refractivity contribution in [3.05, 3.63) is 35.4 Å². The molecule has 2 fully saturated rings. The minimum absolute atomic E-state index is 0.0817. The predicted octanol–water partition coefficient (Wildman–Crippen LogP) is 0.459. The molecule has 3 rings (SSSR count). The zero-order valence-electron chi connectivity index (χ0n) is 16.1. The molecule has 0 radical (unpaired) electrons. The first kappa shape index (κ1) is 19.3. The Labute approximate surface area is 157 Å². The molecule has 6 nitrogen and oxygen atoms in total. The van der Waals surface area contributed by atoms with Crippen molar-refractivity contribution in [2.24, 2.45) is 0 Å². The number of carbonyl (C=O) groups excluding carboxylic acids is 1. The van der Waals surface area contributed by atoms with Crippen molar-refractivity contribution in [3.8, 4) is 0 Å². The number of aliphatic hydroxyl groups is 1. The SMILES string of the molecule is CN(C)C1CCN(CC(=O)N2CCN(Cc3ccccc3CO)CC2)C1. The van der Waals surface area contributed by atoms with Crippen LogP contribution in [-0.4, -0.2) is 96.6 Å². The first-order chi connectivity index (χ1) is 12.6. The van der Waals surface area contributed by atoms with Crippen LogP contribution in [0.15, 0.2) is 24.3 Å². The Kier molecular flexibility index (Phi) is 6.64. The summed E-state index contributed by atoms with van der Waals surface area (Å²) in [7, 11) is 4.23. The number of piperazine rings is 1. The van der Waals surface area contributed by atoms with Crippen LogP contribution in [0.5, 0.6) is 0 Å². The van der Waals surface area contributed by atoms with E-state index in [1.54, 1.807) is 0 Å². The molecule has 0 bridgehead atoms. The van der Waals surface area contributed by atoms with E-state index in [4.69, 9.17) is 0 Å². The number of likely N-dealkylation sites (N-methyl/N-ethyl adjacent to an activating group) is 1. The highest BCUT2D eigenvalue weighted by atomic mass is 16.3. The minimum Gasteiger partial charge on any atom is -0.392 e. The van der Waals surface area contributed by atoms with Crippen molar-refractivity contribution in [1.29, 1.82) is 0 Å². The smallest absolute Gasteiger partial charge is 0.236 e. The van der Waals surface area contributed by atoms with Crippen LogP contribution in [0.25, 0.3) is 0 Å². The number of carbonyl (C=O) groups is 1. The Morgan fingerprint density at radius 2 is 1.77 bits per heavy atom. The van der Waals surface area contributed by atoms with Gasteiger partial charge in [0.05, 0.1) is 13.2 Å². The Balaban J connectivity index is 1.44. The Bertz CT molecular complexity index is 599. The fraction of sp³-hybridized carbons (Fsp3) is 0.650. The minimum atomic E-state index is 0.0817. The van der Waals surface area contributed by atoms with Crippen molar-refractivity contribution in [2.45, 2.75) is 25.6 Å². The van der Waals surface area contributed by atoms with Crippen LogP contribution in [-0.2, 0) is 17.9 Å². The highest BCUT2D eigenvalue weighted by molar-refractivity contribution is 5.78. The van der Waals surface area contributed by atoms with Gasteiger partial charge in [-0.15, -0.1) is 0 Å². The van der Waals surface area contributed by atoms with E-state index in [1.807, 2.05) is 23.1 Å². The van der Waals surface area contributed by atoms with Crippen LogP contribution >= 0.6 is 0 Å². The van der Waals surface area contributed by atoms with Gasteiger partial charge in [0.15, 0.2) is 0 Å². The van der Waals surface area contributed by atoms with Gasteiger partial charge >= 0.3 is 0 Å². The molecule has 0 spiro atoms. The van der Waals surface area contributed by atoms with Gasteiger partial charge in [-0.25, -0.2) is 0 Å². The van der Waals surface area contributed by atoms with Gasteiger partial charge in [0.1, 0.15) is 0 Å². The molecule has 0 aromatic heterocycles. The molecule has 1 amide bonds. The fourth-order valence-corrected chi connectivity index (χ4v) is 3.93. The molecule has 26 heavy (non-hydrogen) atoms. The number of benzene rings is 1. The molecule has 1 unspecified atom stereocenters. The highest BCUT2D eigenvalue weighted by Gasteiger charge is 2.28. The third kappa shape index (κ3) is 4.82. The van der Waals surface area contributed by atoms with E-state index >= 15 is 0 Å². The van der Waals surface area contributed by atoms with Crippen LogP contribution < -0.4 is 0 Å². The summed E-state index contributed by atoms with van der Waals surface area (Å²) in [6.07, 6.45) is 1.15. The van der Waals surface area contributed by atoms with E-state index in [-0.39, 0.29) is 12.5 Å². The monoisotopic (exact) mass is 360 g/mol. The summed E-state index contributed by atoms with van der Waals surface area (Å²) in [6.45, 7) is 6.88. The van der Waals surface area contributed by atoms with Gasteiger partial charge in [0.2, 0.25) is 5.91 Å². The zero-order chi connectivity index (χ0) is 18.5. The molecule has 1 N–H and O–H groups in total. The number of amides is 1. The van der Waals surface area contributed by atoms with E-state index < -0.39 is 0 Å². The van der Waals surface area contributed by atoms with E-state index in [0.717, 1.165) is 57.8 Å². The Morgan fingerprint density at radius 1 is 1.08 bits per heavy atom. The van der Waals surface area contributed by atoms with Gasteiger partial charge in [0, 0.05) is 51.9 Å². The van der Waals surface area contributed by atoms with E-state index in [9.17, 15) is 9.90 Å². The standard InChI is InChI=1S/C20H32N4O2/c1-21(2)19-7-8-23(14-19)15-20(26)24-11-9-22(10-12-24)13-17-5-3-4-6-18(17)16-25/h3-6,19,25H,7-16H2,1-2H3. The average Bonchev–Trinajstić information content (AvgIpc) is 3.11. The van der Waals surface area contributed by atoms with Crippen molar-refractivity contribution >= 4 is 5.91 Å². The third-order valence-corrected chi connectivity index (χ3v) is 5.74. The molecule has 0 saturated carbocycles. The zero-order valence-corrected chi connectivity index (χ0v) is 16.1. The van der Waals surface area contributed by atoms with Gasteiger partial charge in [-0.05, 0) is 31.6 Å². The summed E-state index contributed by atoms with van der Waals surface area (Å²) in [5, 5.41) is 9.47. The van der Waals surface area contributed by atoms with Crippen molar-refractivity contribution in [1.82, 2.24) is 19.6 Å². The number of likely N-dealkylation sites (tertiary alicyclic amines) is 1. The lowest BCUT2D eigenvalue weighted by Gasteiger charge is -2.35. The summed E-state index contributed by atoms with van der Waals surface area (Å²) in [5.74, 6) is 0.264. The number of hydrogen-bond acceptors (Lipinski definition) is 5. The largest absolute Gasteiger partial charge is 0.392 e. The molecule has 1 atom stereocenters. The summed E-state index contributed by atoms with van der Waals surface area (Å²) in [4.78, 5) is 21.5. The molecule has 2 saturated heterocycles. The van der Waals surface area contributed by atoms with Gasteiger partial charge in [-0.3, -0.25) is 14.6 Å². The van der Waals surface area contributed by atoms with Crippen LogP contribution in [0.4, 0.5) is 0 Å². The van der Waals surface area contributed by atoms with E-state index in [1.165, 1.54) is 5.56 Å². The number of aliphatic hydroxyl groups excluding tert-OH is 1. The molecule has 1 aromatic rings. The molecular weight excluding hydrogens is 328 g/mol. The number of hydrogen-bond donors (Lipinski definition) is 1. The lowest BCUT2D eigenvalue weighted by atomic mass is 10.1. The maximum absolute atomic E-state index is 12.6. The lowest BCUT2D eigenvalue weighted by Crippen LogP contribution is -2.50. The number of nitrogens with zero attached hydrogens (tertiary/aromatic N) is 4. The maximum atomic E-state index is 12.6. The van der Waals surface area contributed by atoms with E-state index in [0.29, 0.717) is 12.6 Å². The van der Waals surface area contributed by atoms with Gasteiger partial charge in [-0.2, -0.15) is 0 Å². The summed E-state index contributed by atoms with van der Waals surface area (Å²) in [6, 6.07) is 8.62. The van der Waals surface area contributed by atoms with Crippen LogP contribution in [0.3, 0.4) is 0 Å². The van der Waals surface area contributed by atoms with Crippen molar-refractivity contribution in [3.63, 3.8) is 0 Å². The molecule has 1 aromatic carbocycles. The Morgan fingerprint density at radius 3 is 2.38 bits per heavy atom. The second kappa shape index (κ2) is 8.95. The number of rotatable bonds is 6. The normalized spacial score (nSPS) is 22.3. The average molecular weight is 361 g/mol. The van der Waals surface area contributed by atoms with Gasteiger partial charge in [-0.1, -0.05) is 24.3 Å². The summed E-state index contributed by atoms with van der Waals surface area (Å²) in [5.41, 5.74) is 2.18. The maximum Gasteiger partial charge on any atom is 0.236 e. The van der Waals surface area contributed by atoms with Crippen LogP contribution in [0.2, 0.25) is 0 Å². The topological polar surface area (TPSA) is 50.3 Å². The van der Waals surface area contributed by atoms with Gasteiger partial charge < -0.3 is 14.9 Å².